The zero-order valence-electron chi connectivity index (χ0n) is 13.2. The average molecular weight is 310 g/mol. The van der Waals surface area contributed by atoms with Gasteiger partial charge in [0.25, 0.3) is 5.56 Å². The number of aromatic hydroxyl groups is 1. The number of aryl methyl sites for hydroxylation is 2. The molecular weight excluding hydrogens is 292 g/mol. The van der Waals surface area contributed by atoms with Gasteiger partial charge >= 0.3 is 0 Å². The highest BCUT2D eigenvalue weighted by atomic mass is 16.3. The molecule has 118 valence electrons. The second kappa shape index (κ2) is 6.93. The van der Waals surface area contributed by atoms with Gasteiger partial charge in [0.15, 0.2) is 5.78 Å². The number of carbonyl (C=O) groups excluding carboxylic acids is 1. The minimum absolute atomic E-state index is 0.0703. The van der Waals surface area contributed by atoms with E-state index in [0.29, 0.717) is 6.54 Å². The third-order valence-corrected chi connectivity index (χ3v) is 3.62. The van der Waals surface area contributed by atoms with Crippen LogP contribution in [0.5, 0.6) is 5.75 Å². The van der Waals surface area contributed by atoms with Crippen LogP contribution < -0.4 is 5.56 Å². The number of ketones is 1. The Morgan fingerprint density at radius 3 is 2.74 bits per heavy atom. The van der Waals surface area contributed by atoms with E-state index in [0.717, 1.165) is 18.4 Å². The molecule has 0 saturated carbocycles. The average Bonchev–Trinajstić information content (AvgIpc) is 2.55. The lowest BCUT2D eigenvalue weighted by atomic mass is 10.0. The summed E-state index contributed by atoms with van der Waals surface area (Å²) in [5.74, 6) is -0.529. The molecule has 1 N–H and O–H groups in total. The Morgan fingerprint density at radius 2 is 2.09 bits per heavy atom. The number of phenolic OH excluding ortho intramolecular Hbond substituents is 1. The van der Waals surface area contributed by atoms with E-state index in [-0.39, 0.29) is 22.4 Å². The fourth-order valence-electron chi connectivity index (χ4n) is 2.32. The first-order valence-electron chi connectivity index (χ1n) is 7.46. The molecule has 1 heterocycles. The fraction of sp³-hybridized carbons (Fsp3) is 0.278. The van der Waals surface area contributed by atoms with Gasteiger partial charge < -0.3 is 9.67 Å². The van der Waals surface area contributed by atoms with E-state index in [1.807, 2.05) is 19.9 Å². The Balaban J connectivity index is 2.54. The highest BCUT2D eigenvalue weighted by Gasteiger charge is 2.17. The quantitative estimate of drug-likeness (QED) is 0.861. The SMILES string of the molecule is CCCCn1cc(C(=O)c2cc(C)ccc2O)cc(C#N)c1=O. The van der Waals surface area contributed by atoms with Gasteiger partial charge in [-0.15, -0.1) is 0 Å². The highest BCUT2D eigenvalue weighted by Crippen LogP contribution is 2.21. The molecule has 0 fully saturated rings. The number of hydrogen-bond donors (Lipinski definition) is 1. The van der Waals surface area contributed by atoms with Crippen molar-refractivity contribution in [2.45, 2.75) is 33.2 Å². The number of unbranched alkanes of at least 4 members (excludes halogenated alkanes) is 1. The molecule has 0 unspecified atom stereocenters. The summed E-state index contributed by atoms with van der Waals surface area (Å²) in [5.41, 5.74) is 0.753. The van der Waals surface area contributed by atoms with Crippen molar-refractivity contribution in [2.24, 2.45) is 0 Å². The van der Waals surface area contributed by atoms with Gasteiger partial charge in [-0.05, 0) is 31.5 Å². The van der Waals surface area contributed by atoms with Gasteiger partial charge in [0.2, 0.25) is 0 Å². The van der Waals surface area contributed by atoms with Crippen LogP contribution in [0.25, 0.3) is 0 Å². The first-order chi connectivity index (χ1) is 11.0. The lowest BCUT2D eigenvalue weighted by Gasteiger charge is -2.10. The van der Waals surface area contributed by atoms with Crippen LogP contribution in [0.15, 0.2) is 35.3 Å². The molecular formula is C18H18N2O3. The largest absolute Gasteiger partial charge is 0.507 e. The Bertz CT molecular complexity index is 844. The summed E-state index contributed by atoms with van der Waals surface area (Å²) in [4.78, 5) is 24.8. The molecule has 23 heavy (non-hydrogen) atoms. The molecule has 5 nitrogen and oxygen atoms in total. The summed E-state index contributed by atoms with van der Waals surface area (Å²) < 4.78 is 1.39. The van der Waals surface area contributed by atoms with E-state index < -0.39 is 11.3 Å². The van der Waals surface area contributed by atoms with Gasteiger partial charge in [0, 0.05) is 18.3 Å². The molecule has 2 rings (SSSR count). The third kappa shape index (κ3) is 3.49. The van der Waals surface area contributed by atoms with Crippen molar-refractivity contribution in [1.82, 2.24) is 4.57 Å². The predicted molar refractivity (Wildman–Crippen MR) is 86.6 cm³/mol. The summed E-state index contributed by atoms with van der Waals surface area (Å²) in [6, 6.07) is 7.87. The number of pyridine rings is 1. The van der Waals surface area contributed by atoms with E-state index in [2.05, 4.69) is 0 Å². The van der Waals surface area contributed by atoms with Crippen molar-refractivity contribution in [3.63, 3.8) is 0 Å². The summed E-state index contributed by atoms with van der Waals surface area (Å²) in [5, 5.41) is 19.0. The van der Waals surface area contributed by atoms with E-state index in [1.54, 1.807) is 12.1 Å². The van der Waals surface area contributed by atoms with E-state index in [4.69, 9.17) is 5.26 Å². The summed E-state index contributed by atoms with van der Waals surface area (Å²) in [6.07, 6.45) is 3.13. The number of phenols is 1. The monoisotopic (exact) mass is 310 g/mol. The molecule has 1 aromatic carbocycles. The molecule has 1 aromatic heterocycles. The van der Waals surface area contributed by atoms with Gasteiger partial charge in [-0.2, -0.15) is 5.26 Å². The molecule has 0 atom stereocenters. The molecule has 0 radical (unpaired) electrons. The zero-order chi connectivity index (χ0) is 17.0. The number of rotatable bonds is 5. The second-order valence-corrected chi connectivity index (χ2v) is 5.46. The normalized spacial score (nSPS) is 10.3. The van der Waals surface area contributed by atoms with Gasteiger partial charge in [0.05, 0.1) is 5.56 Å². The van der Waals surface area contributed by atoms with Crippen LogP contribution in [-0.4, -0.2) is 15.5 Å². The smallest absolute Gasteiger partial charge is 0.268 e. The Morgan fingerprint density at radius 1 is 1.35 bits per heavy atom. The maximum absolute atomic E-state index is 12.6. The van der Waals surface area contributed by atoms with Gasteiger partial charge in [0.1, 0.15) is 17.4 Å². The van der Waals surface area contributed by atoms with E-state index >= 15 is 0 Å². The molecule has 0 aliphatic carbocycles. The minimum atomic E-state index is -0.409. The highest BCUT2D eigenvalue weighted by molar-refractivity contribution is 6.10. The maximum Gasteiger partial charge on any atom is 0.268 e. The Kier molecular flexibility index (Phi) is 4.97. The lowest BCUT2D eigenvalue weighted by Crippen LogP contribution is -2.24. The number of nitriles is 1. The topological polar surface area (TPSA) is 83.1 Å². The van der Waals surface area contributed by atoms with Gasteiger partial charge in [-0.3, -0.25) is 9.59 Å². The standard InChI is InChI=1S/C18H18N2O3/c1-3-4-7-20-11-14(9-13(10-19)18(20)23)17(22)15-8-12(2)5-6-16(15)21/h5-6,8-9,11,21H,3-4,7H2,1-2H3. The second-order valence-electron chi connectivity index (χ2n) is 5.46. The number of carbonyl (C=O) groups is 1. The van der Waals surface area contributed by atoms with Crippen molar-refractivity contribution in [1.29, 1.82) is 5.26 Å². The summed E-state index contributed by atoms with van der Waals surface area (Å²) in [7, 11) is 0. The Labute approximate surface area is 134 Å². The van der Waals surface area contributed by atoms with E-state index in [1.165, 1.54) is 22.9 Å². The summed E-state index contributed by atoms with van der Waals surface area (Å²) in [6.45, 7) is 4.26. The van der Waals surface area contributed by atoms with Crippen molar-refractivity contribution >= 4 is 5.78 Å². The number of benzene rings is 1. The molecule has 0 amide bonds. The first kappa shape index (κ1) is 16.5. The number of nitrogens with zero attached hydrogens (tertiary/aromatic N) is 2. The molecule has 2 aromatic rings. The lowest BCUT2D eigenvalue weighted by molar-refractivity contribution is 0.103. The minimum Gasteiger partial charge on any atom is -0.507 e. The van der Waals surface area contributed by atoms with Gasteiger partial charge in [-0.25, -0.2) is 0 Å². The molecule has 0 aliphatic rings. The van der Waals surface area contributed by atoms with Crippen molar-refractivity contribution in [2.75, 3.05) is 0 Å². The van der Waals surface area contributed by atoms with Crippen LogP contribution in [0.3, 0.4) is 0 Å². The Hall–Kier alpha value is -2.87. The molecule has 0 saturated heterocycles. The molecule has 0 aliphatic heterocycles. The molecule has 0 spiro atoms. The van der Waals surface area contributed by atoms with Crippen LogP contribution in [0.4, 0.5) is 0 Å². The van der Waals surface area contributed by atoms with Crippen LogP contribution >= 0.6 is 0 Å². The maximum atomic E-state index is 12.6. The van der Waals surface area contributed by atoms with Gasteiger partial charge in [-0.1, -0.05) is 25.0 Å². The molecule has 0 bridgehead atoms. The summed E-state index contributed by atoms with van der Waals surface area (Å²) >= 11 is 0. The van der Waals surface area contributed by atoms with Crippen LogP contribution in [0.1, 0.15) is 46.8 Å². The number of hydrogen-bond acceptors (Lipinski definition) is 4. The predicted octanol–water partition coefficient (Wildman–Crippen LogP) is 2.77. The first-order valence-corrected chi connectivity index (χ1v) is 7.46. The van der Waals surface area contributed by atoms with Crippen LogP contribution in [0, 0.1) is 18.3 Å². The van der Waals surface area contributed by atoms with Crippen LogP contribution in [0.2, 0.25) is 0 Å². The van der Waals surface area contributed by atoms with Crippen molar-refractivity contribution < 1.29 is 9.90 Å². The van der Waals surface area contributed by atoms with Crippen molar-refractivity contribution in [3.8, 4) is 11.8 Å². The fourth-order valence-corrected chi connectivity index (χ4v) is 2.32. The van der Waals surface area contributed by atoms with E-state index in [9.17, 15) is 14.7 Å². The molecule has 5 heteroatoms. The zero-order valence-corrected chi connectivity index (χ0v) is 13.2. The van der Waals surface area contributed by atoms with Crippen LogP contribution in [-0.2, 0) is 6.54 Å². The van der Waals surface area contributed by atoms with Crippen molar-refractivity contribution in [3.05, 3.63) is 63.1 Å². The number of aromatic nitrogens is 1. The third-order valence-electron chi connectivity index (χ3n) is 3.62.